The van der Waals surface area contributed by atoms with Crippen molar-refractivity contribution in [1.29, 1.82) is 0 Å². The smallest absolute Gasteiger partial charge is 0.312 e. The first-order chi connectivity index (χ1) is 7.91. The van der Waals surface area contributed by atoms with E-state index in [0.717, 1.165) is 5.69 Å². The van der Waals surface area contributed by atoms with Gasteiger partial charge in [0, 0.05) is 5.69 Å². The summed E-state index contributed by atoms with van der Waals surface area (Å²) in [6, 6.07) is 1.81. The zero-order valence-corrected chi connectivity index (χ0v) is 10.8. The zero-order chi connectivity index (χ0) is 13.0. The maximum absolute atomic E-state index is 11.3. The molecule has 1 unspecified atom stereocenters. The lowest BCUT2D eigenvalue weighted by atomic mass is 9.93. The fraction of sp³-hybridized carbons (Fsp3) is 0.615. The molecule has 1 N–H and O–H groups in total. The van der Waals surface area contributed by atoms with Crippen molar-refractivity contribution in [1.82, 2.24) is 9.97 Å². The second-order valence-corrected chi connectivity index (χ2v) is 5.04. The molecule has 1 atom stereocenters. The number of rotatable bonds is 5. The van der Waals surface area contributed by atoms with E-state index in [0.29, 0.717) is 18.0 Å². The van der Waals surface area contributed by atoms with Crippen molar-refractivity contribution < 1.29 is 9.90 Å². The van der Waals surface area contributed by atoms with E-state index in [1.165, 1.54) is 6.33 Å². The van der Waals surface area contributed by atoms with Gasteiger partial charge in [-0.3, -0.25) is 4.79 Å². The van der Waals surface area contributed by atoms with Gasteiger partial charge in [-0.05, 0) is 24.3 Å². The minimum absolute atomic E-state index is 0.283. The topological polar surface area (TPSA) is 63.1 Å². The fourth-order valence-corrected chi connectivity index (χ4v) is 1.71. The highest BCUT2D eigenvalue weighted by atomic mass is 16.4. The molecule has 4 heteroatoms. The maximum atomic E-state index is 11.3. The molecule has 4 nitrogen and oxygen atoms in total. The third-order valence-electron chi connectivity index (χ3n) is 2.66. The summed E-state index contributed by atoms with van der Waals surface area (Å²) in [7, 11) is 0. The summed E-state index contributed by atoms with van der Waals surface area (Å²) in [5, 5.41) is 9.24. The molecule has 0 amide bonds. The lowest BCUT2D eigenvalue weighted by molar-refractivity contribution is -0.139. The molecule has 0 radical (unpaired) electrons. The van der Waals surface area contributed by atoms with Crippen LogP contribution in [0.3, 0.4) is 0 Å². The molecule has 0 spiro atoms. The van der Waals surface area contributed by atoms with Crippen molar-refractivity contribution in [3.63, 3.8) is 0 Å². The van der Waals surface area contributed by atoms with Crippen LogP contribution in [0.2, 0.25) is 0 Å². The summed E-state index contributed by atoms with van der Waals surface area (Å²) in [4.78, 5) is 19.5. The molecule has 1 aromatic rings. The molecule has 0 aliphatic heterocycles. The first-order valence-corrected chi connectivity index (χ1v) is 5.96. The summed E-state index contributed by atoms with van der Waals surface area (Å²) in [6.07, 6.45) is 2.06. The molecule has 0 fully saturated rings. The molecule has 1 aromatic heterocycles. The summed E-state index contributed by atoms with van der Waals surface area (Å²) in [5.41, 5.74) is 1.51. The average molecular weight is 236 g/mol. The monoisotopic (exact) mass is 236 g/mol. The highest BCUT2D eigenvalue weighted by Crippen LogP contribution is 2.24. The van der Waals surface area contributed by atoms with E-state index in [9.17, 15) is 9.90 Å². The Morgan fingerprint density at radius 3 is 2.29 bits per heavy atom. The molecule has 0 bridgehead atoms. The van der Waals surface area contributed by atoms with Crippen molar-refractivity contribution in [3.05, 3.63) is 23.8 Å². The van der Waals surface area contributed by atoms with Crippen LogP contribution < -0.4 is 0 Å². The third kappa shape index (κ3) is 3.80. The maximum Gasteiger partial charge on any atom is 0.312 e. The Labute approximate surface area is 102 Å². The minimum atomic E-state index is -0.813. The summed E-state index contributed by atoms with van der Waals surface area (Å²) < 4.78 is 0. The van der Waals surface area contributed by atoms with Crippen LogP contribution in [0.5, 0.6) is 0 Å². The van der Waals surface area contributed by atoms with Gasteiger partial charge in [0.25, 0.3) is 0 Å². The molecule has 0 aliphatic rings. The summed E-state index contributed by atoms with van der Waals surface area (Å²) >= 11 is 0. The Kier molecular flexibility index (Phi) is 4.61. The van der Waals surface area contributed by atoms with Crippen LogP contribution in [0.25, 0.3) is 0 Å². The predicted octanol–water partition coefficient (Wildman–Crippen LogP) is 2.81. The van der Waals surface area contributed by atoms with Gasteiger partial charge < -0.3 is 5.11 Å². The molecule has 17 heavy (non-hydrogen) atoms. The molecule has 0 saturated carbocycles. The number of hydrogen-bond acceptors (Lipinski definition) is 3. The largest absolute Gasteiger partial charge is 0.481 e. The minimum Gasteiger partial charge on any atom is -0.481 e. The Morgan fingerprint density at radius 1 is 1.24 bits per heavy atom. The quantitative estimate of drug-likeness (QED) is 0.853. The average Bonchev–Trinajstić information content (AvgIpc) is 2.25. The van der Waals surface area contributed by atoms with Crippen LogP contribution in [0, 0.1) is 5.92 Å². The Hall–Kier alpha value is -1.45. The van der Waals surface area contributed by atoms with Crippen LogP contribution in [0.4, 0.5) is 0 Å². The Bertz CT molecular complexity index is 389. The van der Waals surface area contributed by atoms with Crippen LogP contribution in [-0.2, 0) is 4.79 Å². The van der Waals surface area contributed by atoms with E-state index in [1.807, 2.05) is 33.8 Å². The third-order valence-corrected chi connectivity index (χ3v) is 2.66. The normalized spacial score (nSPS) is 13.1. The van der Waals surface area contributed by atoms with Crippen LogP contribution >= 0.6 is 0 Å². The van der Waals surface area contributed by atoms with Crippen LogP contribution in [0.15, 0.2) is 12.4 Å². The number of carboxylic acid groups (broad SMARTS) is 1. The molecular weight excluding hydrogens is 216 g/mol. The van der Waals surface area contributed by atoms with Gasteiger partial charge in [0.2, 0.25) is 0 Å². The molecular formula is C13H20N2O2. The summed E-state index contributed by atoms with van der Waals surface area (Å²) in [5.74, 6) is -0.735. The molecule has 0 aliphatic carbocycles. The van der Waals surface area contributed by atoms with Gasteiger partial charge in [-0.2, -0.15) is 0 Å². The number of aliphatic carboxylic acids is 1. The number of aromatic nitrogens is 2. The fourth-order valence-electron chi connectivity index (χ4n) is 1.71. The van der Waals surface area contributed by atoms with Gasteiger partial charge in [0.15, 0.2) is 0 Å². The highest BCUT2D eigenvalue weighted by Gasteiger charge is 2.23. The van der Waals surface area contributed by atoms with Crippen molar-refractivity contribution in [2.45, 2.75) is 46.0 Å². The van der Waals surface area contributed by atoms with E-state index in [4.69, 9.17) is 0 Å². The van der Waals surface area contributed by atoms with Gasteiger partial charge >= 0.3 is 5.97 Å². The molecule has 1 rings (SSSR count). The van der Waals surface area contributed by atoms with Crippen molar-refractivity contribution >= 4 is 5.97 Å². The Balaban J connectivity index is 3.01. The van der Waals surface area contributed by atoms with Gasteiger partial charge in [-0.1, -0.05) is 27.7 Å². The Morgan fingerprint density at radius 2 is 1.82 bits per heavy atom. The second-order valence-electron chi connectivity index (χ2n) is 5.04. The van der Waals surface area contributed by atoms with Crippen LogP contribution in [-0.4, -0.2) is 21.0 Å². The first kappa shape index (κ1) is 13.6. The number of carbonyl (C=O) groups is 1. The number of nitrogens with zero attached hydrogens (tertiary/aromatic N) is 2. The van der Waals surface area contributed by atoms with E-state index < -0.39 is 11.9 Å². The van der Waals surface area contributed by atoms with E-state index >= 15 is 0 Å². The van der Waals surface area contributed by atoms with E-state index in [2.05, 4.69) is 9.97 Å². The molecule has 94 valence electrons. The van der Waals surface area contributed by atoms with Gasteiger partial charge in [-0.25, -0.2) is 9.97 Å². The number of carboxylic acids is 1. The molecule has 1 heterocycles. The summed E-state index contributed by atoms with van der Waals surface area (Å²) in [6.45, 7) is 8.09. The highest BCUT2D eigenvalue weighted by molar-refractivity contribution is 5.75. The van der Waals surface area contributed by atoms with E-state index in [1.54, 1.807) is 0 Å². The van der Waals surface area contributed by atoms with Gasteiger partial charge in [0.1, 0.15) is 6.33 Å². The SMILES string of the molecule is CC(C)CC(C(=O)O)c1cc(C(C)C)ncn1. The lowest BCUT2D eigenvalue weighted by Crippen LogP contribution is -2.16. The van der Waals surface area contributed by atoms with Crippen molar-refractivity contribution in [2.75, 3.05) is 0 Å². The van der Waals surface area contributed by atoms with Crippen LogP contribution in [0.1, 0.15) is 57.3 Å². The molecule has 0 aromatic carbocycles. The molecule has 0 saturated heterocycles. The van der Waals surface area contributed by atoms with Crippen molar-refractivity contribution in [3.8, 4) is 0 Å². The zero-order valence-electron chi connectivity index (χ0n) is 10.8. The standard InChI is InChI=1S/C13H20N2O2/c1-8(2)5-10(13(16)17)12-6-11(9(3)4)14-7-15-12/h6-10H,5H2,1-4H3,(H,16,17). The van der Waals surface area contributed by atoms with Gasteiger partial charge in [0.05, 0.1) is 11.6 Å². The second kappa shape index (κ2) is 5.75. The lowest BCUT2D eigenvalue weighted by Gasteiger charge is -2.15. The van der Waals surface area contributed by atoms with Crippen molar-refractivity contribution in [2.24, 2.45) is 5.92 Å². The first-order valence-electron chi connectivity index (χ1n) is 5.96. The number of hydrogen-bond donors (Lipinski definition) is 1. The predicted molar refractivity (Wildman–Crippen MR) is 66.0 cm³/mol. The van der Waals surface area contributed by atoms with Gasteiger partial charge in [-0.15, -0.1) is 0 Å². The van der Waals surface area contributed by atoms with E-state index in [-0.39, 0.29) is 5.92 Å².